The Balaban J connectivity index is 2.31. The van der Waals surface area contributed by atoms with E-state index in [1.807, 2.05) is 24.3 Å². The first kappa shape index (κ1) is 14.4. The number of aliphatic carboxylic acids is 1. The van der Waals surface area contributed by atoms with Gasteiger partial charge in [0.2, 0.25) is 5.95 Å². The molecular weight excluding hydrogens is 276 g/mol. The number of aromatic nitrogens is 3. The monoisotopic (exact) mass is 292 g/mol. The molecule has 1 aromatic carbocycles. The van der Waals surface area contributed by atoms with E-state index in [1.165, 1.54) is 5.56 Å². The standard InChI is InChI=1S/C13H16N4O2S/c1-8(2)9-3-5-10(6-4-9)17-12(14)15-16-13(17)20-7-11(18)19/h3-6,8H,7H2,1-2H3,(H2,14,15)(H,18,19). The van der Waals surface area contributed by atoms with Gasteiger partial charge in [0.05, 0.1) is 11.4 Å². The van der Waals surface area contributed by atoms with Gasteiger partial charge in [-0.3, -0.25) is 9.36 Å². The van der Waals surface area contributed by atoms with Gasteiger partial charge in [-0.1, -0.05) is 37.7 Å². The van der Waals surface area contributed by atoms with Gasteiger partial charge in [0.15, 0.2) is 5.16 Å². The first-order chi connectivity index (χ1) is 9.49. The number of anilines is 1. The largest absolute Gasteiger partial charge is 0.481 e. The molecule has 2 aromatic rings. The lowest BCUT2D eigenvalue weighted by Crippen LogP contribution is -2.04. The molecule has 3 N–H and O–H groups in total. The lowest BCUT2D eigenvalue weighted by Gasteiger charge is -2.10. The van der Waals surface area contributed by atoms with Crippen LogP contribution in [0.15, 0.2) is 29.4 Å². The number of rotatable bonds is 5. The highest BCUT2D eigenvalue weighted by atomic mass is 32.2. The molecule has 0 spiro atoms. The Labute approximate surface area is 121 Å². The molecule has 106 valence electrons. The predicted octanol–water partition coefficient (Wildman–Crippen LogP) is 2.15. The van der Waals surface area contributed by atoms with Crippen LogP contribution in [0.2, 0.25) is 0 Å². The Morgan fingerprint density at radius 2 is 2.00 bits per heavy atom. The summed E-state index contributed by atoms with van der Waals surface area (Å²) in [4.78, 5) is 10.6. The van der Waals surface area contributed by atoms with Crippen molar-refractivity contribution in [1.29, 1.82) is 0 Å². The number of carboxylic acid groups (broad SMARTS) is 1. The quantitative estimate of drug-likeness (QED) is 0.820. The predicted molar refractivity (Wildman–Crippen MR) is 78.2 cm³/mol. The van der Waals surface area contributed by atoms with E-state index in [0.29, 0.717) is 11.1 Å². The van der Waals surface area contributed by atoms with Gasteiger partial charge in [-0.2, -0.15) is 0 Å². The number of thioether (sulfide) groups is 1. The Morgan fingerprint density at radius 1 is 1.35 bits per heavy atom. The van der Waals surface area contributed by atoms with E-state index >= 15 is 0 Å². The van der Waals surface area contributed by atoms with Crippen molar-refractivity contribution in [3.8, 4) is 5.69 Å². The summed E-state index contributed by atoms with van der Waals surface area (Å²) in [5.41, 5.74) is 7.85. The van der Waals surface area contributed by atoms with Crippen molar-refractivity contribution >= 4 is 23.7 Å². The minimum absolute atomic E-state index is 0.0811. The van der Waals surface area contributed by atoms with E-state index in [-0.39, 0.29) is 11.7 Å². The van der Waals surface area contributed by atoms with Crippen molar-refractivity contribution in [2.24, 2.45) is 0 Å². The molecule has 6 nitrogen and oxygen atoms in total. The van der Waals surface area contributed by atoms with Gasteiger partial charge in [-0.05, 0) is 23.6 Å². The molecule has 0 aliphatic carbocycles. The van der Waals surface area contributed by atoms with E-state index in [1.54, 1.807) is 4.57 Å². The van der Waals surface area contributed by atoms with Crippen molar-refractivity contribution in [2.75, 3.05) is 11.5 Å². The second kappa shape index (κ2) is 5.96. The highest BCUT2D eigenvalue weighted by Crippen LogP contribution is 2.24. The zero-order valence-corrected chi connectivity index (χ0v) is 12.1. The molecule has 2 rings (SSSR count). The average molecular weight is 292 g/mol. The summed E-state index contributed by atoms with van der Waals surface area (Å²) in [6.07, 6.45) is 0. The Kier molecular flexibility index (Phi) is 4.29. The molecule has 20 heavy (non-hydrogen) atoms. The molecule has 7 heteroatoms. The van der Waals surface area contributed by atoms with Crippen LogP contribution in [0.1, 0.15) is 25.3 Å². The lowest BCUT2D eigenvalue weighted by molar-refractivity contribution is -0.133. The fourth-order valence-electron chi connectivity index (χ4n) is 1.75. The number of nitrogens with two attached hydrogens (primary N) is 1. The van der Waals surface area contributed by atoms with E-state index in [0.717, 1.165) is 17.4 Å². The number of hydrogen-bond donors (Lipinski definition) is 2. The molecule has 0 atom stereocenters. The van der Waals surface area contributed by atoms with Crippen molar-refractivity contribution in [3.05, 3.63) is 29.8 Å². The fourth-order valence-corrected chi connectivity index (χ4v) is 2.43. The number of carbonyl (C=O) groups is 1. The van der Waals surface area contributed by atoms with Gasteiger partial charge in [0, 0.05) is 0 Å². The van der Waals surface area contributed by atoms with Gasteiger partial charge < -0.3 is 10.8 Å². The molecule has 0 aliphatic heterocycles. The zero-order chi connectivity index (χ0) is 14.7. The van der Waals surface area contributed by atoms with Crippen LogP contribution < -0.4 is 5.73 Å². The van der Waals surface area contributed by atoms with E-state index in [4.69, 9.17) is 10.8 Å². The summed E-state index contributed by atoms with van der Waals surface area (Å²) in [5, 5.41) is 16.9. The molecule has 0 aliphatic rings. The summed E-state index contributed by atoms with van der Waals surface area (Å²) >= 11 is 1.09. The Morgan fingerprint density at radius 3 is 2.55 bits per heavy atom. The normalized spacial score (nSPS) is 10.9. The summed E-state index contributed by atoms with van der Waals surface area (Å²) < 4.78 is 1.65. The lowest BCUT2D eigenvalue weighted by atomic mass is 10.0. The number of nitrogen functional groups attached to an aromatic ring is 1. The van der Waals surface area contributed by atoms with Gasteiger partial charge in [-0.15, -0.1) is 10.2 Å². The van der Waals surface area contributed by atoms with Crippen molar-refractivity contribution in [3.63, 3.8) is 0 Å². The van der Waals surface area contributed by atoms with Crippen LogP contribution in [0.25, 0.3) is 5.69 Å². The van der Waals surface area contributed by atoms with Crippen LogP contribution >= 0.6 is 11.8 Å². The summed E-state index contributed by atoms with van der Waals surface area (Å²) in [6.45, 7) is 4.24. The molecule has 1 aromatic heterocycles. The molecule has 0 saturated heterocycles. The Hall–Kier alpha value is -2.02. The summed E-state index contributed by atoms with van der Waals surface area (Å²) in [5.74, 6) is -0.293. The molecule has 0 amide bonds. The maximum Gasteiger partial charge on any atom is 0.313 e. The molecule has 0 saturated carbocycles. The maximum atomic E-state index is 10.6. The maximum absolute atomic E-state index is 10.6. The van der Waals surface area contributed by atoms with Crippen LogP contribution in [0.3, 0.4) is 0 Å². The number of hydrogen-bond acceptors (Lipinski definition) is 5. The SMILES string of the molecule is CC(C)c1ccc(-n2c(N)nnc2SCC(=O)O)cc1. The summed E-state index contributed by atoms with van der Waals surface area (Å²) in [6, 6.07) is 7.90. The first-order valence-electron chi connectivity index (χ1n) is 6.15. The topological polar surface area (TPSA) is 94.0 Å². The van der Waals surface area contributed by atoms with Gasteiger partial charge in [0.25, 0.3) is 0 Å². The average Bonchev–Trinajstić information content (AvgIpc) is 2.77. The second-order valence-electron chi connectivity index (χ2n) is 4.60. The van der Waals surface area contributed by atoms with Gasteiger partial charge >= 0.3 is 5.97 Å². The van der Waals surface area contributed by atoms with Crippen LogP contribution in [-0.4, -0.2) is 31.6 Å². The Bertz CT molecular complexity index is 607. The van der Waals surface area contributed by atoms with Crippen LogP contribution in [-0.2, 0) is 4.79 Å². The minimum atomic E-state index is -0.904. The molecule has 1 heterocycles. The van der Waals surface area contributed by atoms with Gasteiger partial charge in [0.1, 0.15) is 0 Å². The third kappa shape index (κ3) is 3.11. The highest BCUT2D eigenvalue weighted by Gasteiger charge is 2.13. The van der Waals surface area contributed by atoms with E-state index < -0.39 is 5.97 Å². The minimum Gasteiger partial charge on any atom is -0.481 e. The van der Waals surface area contributed by atoms with Crippen LogP contribution in [0, 0.1) is 0 Å². The number of nitrogens with zero attached hydrogens (tertiary/aromatic N) is 3. The number of carboxylic acids is 1. The van der Waals surface area contributed by atoms with Crippen molar-refractivity contribution < 1.29 is 9.90 Å². The van der Waals surface area contributed by atoms with Crippen molar-refractivity contribution in [1.82, 2.24) is 14.8 Å². The van der Waals surface area contributed by atoms with Crippen molar-refractivity contribution in [2.45, 2.75) is 24.9 Å². The molecule has 0 radical (unpaired) electrons. The van der Waals surface area contributed by atoms with E-state index in [9.17, 15) is 4.79 Å². The molecule has 0 bridgehead atoms. The highest BCUT2D eigenvalue weighted by molar-refractivity contribution is 7.99. The smallest absolute Gasteiger partial charge is 0.313 e. The van der Waals surface area contributed by atoms with Gasteiger partial charge in [-0.25, -0.2) is 0 Å². The first-order valence-corrected chi connectivity index (χ1v) is 7.13. The molecule has 0 unspecified atom stereocenters. The van der Waals surface area contributed by atoms with E-state index in [2.05, 4.69) is 24.0 Å². The third-order valence-corrected chi connectivity index (χ3v) is 3.71. The molecular formula is C13H16N4O2S. The van der Waals surface area contributed by atoms with Crippen LogP contribution in [0.5, 0.6) is 0 Å². The summed E-state index contributed by atoms with van der Waals surface area (Å²) in [7, 11) is 0. The van der Waals surface area contributed by atoms with Crippen LogP contribution in [0.4, 0.5) is 5.95 Å². The third-order valence-electron chi connectivity index (χ3n) is 2.80. The second-order valence-corrected chi connectivity index (χ2v) is 5.55. The fraction of sp³-hybridized carbons (Fsp3) is 0.308. The number of benzene rings is 1. The zero-order valence-electron chi connectivity index (χ0n) is 11.3. The molecule has 0 fully saturated rings.